The number of nitrogens with one attached hydrogen (secondary N) is 2. The summed E-state index contributed by atoms with van der Waals surface area (Å²) in [5.74, 6) is -1.35. The van der Waals surface area contributed by atoms with Crippen molar-refractivity contribution < 1.29 is 22.8 Å². The Kier molecular flexibility index (Phi) is 6.94. The molecule has 3 rings (SSSR count). The van der Waals surface area contributed by atoms with E-state index in [-0.39, 0.29) is 10.6 Å². The highest BCUT2D eigenvalue weighted by Gasteiger charge is 2.48. The van der Waals surface area contributed by atoms with Gasteiger partial charge in [-0.1, -0.05) is 44.2 Å². The number of rotatable bonds is 9. The van der Waals surface area contributed by atoms with Crippen molar-refractivity contribution in [2.24, 2.45) is 7.05 Å². The number of hydrogen-bond donors (Lipinski definition) is 2. The van der Waals surface area contributed by atoms with Gasteiger partial charge in [0.1, 0.15) is 16.1 Å². The molecule has 1 atom stereocenters. The zero-order valence-electron chi connectivity index (χ0n) is 19.2. The molecule has 1 aliphatic heterocycles. The SMILES string of the molecule is CCN(CC)S(=O)(=O)c1cc(C(=O)NN2C(=O)NC(C)(CCc3ccccc3)C2=O)n(C)c1. The Bertz CT molecular complexity index is 1160. The number of carbonyl (C=O) groups excluding carboxylic acids is 3. The summed E-state index contributed by atoms with van der Waals surface area (Å²) < 4.78 is 28.1. The first-order valence-corrected chi connectivity index (χ1v) is 12.2. The quantitative estimate of drug-likeness (QED) is 0.534. The van der Waals surface area contributed by atoms with Gasteiger partial charge in [0.2, 0.25) is 10.0 Å². The second-order valence-electron chi connectivity index (χ2n) is 8.09. The largest absolute Gasteiger partial charge is 0.345 e. The highest BCUT2D eigenvalue weighted by Crippen LogP contribution is 2.23. The third-order valence-electron chi connectivity index (χ3n) is 5.79. The maximum Gasteiger partial charge on any atom is 0.344 e. The number of hydrogen-bond acceptors (Lipinski definition) is 5. The minimum absolute atomic E-state index is 0.000722. The summed E-state index contributed by atoms with van der Waals surface area (Å²) in [7, 11) is -2.24. The van der Waals surface area contributed by atoms with Crippen molar-refractivity contribution in [2.75, 3.05) is 13.1 Å². The lowest BCUT2D eigenvalue weighted by atomic mass is 9.93. The number of imide groups is 1. The monoisotopic (exact) mass is 475 g/mol. The van der Waals surface area contributed by atoms with E-state index < -0.39 is 33.4 Å². The maximum absolute atomic E-state index is 13.0. The molecule has 33 heavy (non-hydrogen) atoms. The molecule has 1 unspecified atom stereocenters. The summed E-state index contributed by atoms with van der Waals surface area (Å²) in [5.41, 5.74) is 2.16. The van der Waals surface area contributed by atoms with Crippen molar-refractivity contribution in [1.29, 1.82) is 0 Å². The first-order valence-electron chi connectivity index (χ1n) is 10.7. The van der Waals surface area contributed by atoms with Crippen LogP contribution in [-0.2, 0) is 28.3 Å². The Labute approximate surface area is 193 Å². The van der Waals surface area contributed by atoms with Gasteiger partial charge in [-0.15, -0.1) is 0 Å². The number of nitrogens with zero attached hydrogens (tertiary/aromatic N) is 3. The van der Waals surface area contributed by atoms with E-state index in [0.717, 1.165) is 5.56 Å². The fraction of sp³-hybridized carbons (Fsp3) is 0.409. The minimum atomic E-state index is -3.76. The van der Waals surface area contributed by atoms with E-state index in [1.54, 1.807) is 20.8 Å². The number of amides is 4. The van der Waals surface area contributed by atoms with E-state index in [4.69, 9.17) is 0 Å². The van der Waals surface area contributed by atoms with E-state index in [1.807, 2.05) is 30.3 Å². The fourth-order valence-corrected chi connectivity index (χ4v) is 5.30. The van der Waals surface area contributed by atoms with Crippen LogP contribution >= 0.6 is 0 Å². The molecular formula is C22H29N5O5S. The van der Waals surface area contributed by atoms with Crippen LogP contribution in [0.25, 0.3) is 0 Å². The van der Waals surface area contributed by atoms with Crippen LogP contribution in [0.3, 0.4) is 0 Å². The topological polar surface area (TPSA) is 121 Å². The second-order valence-corrected chi connectivity index (χ2v) is 10.0. The van der Waals surface area contributed by atoms with Gasteiger partial charge in [-0.3, -0.25) is 15.0 Å². The number of carbonyl (C=O) groups is 3. The molecule has 1 aliphatic rings. The fourth-order valence-electron chi connectivity index (χ4n) is 3.77. The van der Waals surface area contributed by atoms with Crippen LogP contribution < -0.4 is 10.7 Å². The van der Waals surface area contributed by atoms with E-state index in [9.17, 15) is 22.8 Å². The maximum atomic E-state index is 13.0. The summed E-state index contributed by atoms with van der Waals surface area (Å²) >= 11 is 0. The smallest absolute Gasteiger partial charge is 0.344 e. The highest BCUT2D eigenvalue weighted by atomic mass is 32.2. The summed E-state index contributed by atoms with van der Waals surface area (Å²) in [4.78, 5) is 38.2. The van der Waals surface area contributed by atoms with Crippen molar-refractivity contribution >= 4 is 27.9 Å². The number of sulfonamides is 1. The third-order valence-corrected chi connectivity index (χ3v) is 7.80. The normalized spacial score (nSPS) is 18.6. The zero-order chi connectivity index (χ0) is 24.4. The average Bonchev–Trinajstić information content (AvgIpc) is 3.27. The van der Waals surface area contributed by atoms with Crippen molar-refractivity contribution in [3.8, 4) is 0 Å². The Morgan fingerprint density at radius 3 is 2.39 bits per heavy atom. The van der Waals surface area contributed by atoms with E-state index in [2.05, 4.69) is 10.7 Å². The molecule has 1 saturated heterocycles. The molecule has 10 nitrogen and oxygen atoms in total. The van der Waals surface area contributed by atoms with Crippen molar-refractivity contribution in [1.82, 2.24) is 24.6 Å². The van der Waals surface area contributed by atoms with Gasteiger partial charge >= 0.3 is 6.03 Å². The Morgan fingerprint density at radius 1 is 1.15 bits per heavy atom. The average molecular weight is 476 g/mol. The molecule has 1 fully saturated rings. The van der Waals surface area contributed by atoms with Crippen molar-refractivity contribution in [2.45, 2.75) is 44.0 Å². The molecule has 0 bridgehead atoms. The van der Waals surface area contributed by atoms with Crippen LogP contribution in [-0.4, -0.2) is 58.8 Å². The minimum Gasteiger partial charge on any atom is -0.345 e. The standard InChI is InChI=1S/C22H29N5O5S/c1-5-26(6-2)33(31,32)17-14-18(25(4)15-17)19(28)24-27-20(29)22(3,23-21(27)30)13-12-16-10-8-7-9-11-16/h7-11,14-15H,5-6,12-13H2,1-4H3,(H,23,30)(H,24,28). The molecule has 0 radical (unpaired) electrons. The van der Waals surface area contributed by atoms with Crippen LogP contribution in [0.15, 0.2) is 47.5 Å². The zero-order valence-corrected chi connectivity index (χ0v) is 20.0. The molecule has 4 amide bonds. The van der Waals surface area contributed by atoms with Crippen LogP contribution in [0.1, 0.15) is 43.2 Å². The van der Waals surface area contributed by atoms with Gasteiger partial charge in [0.25, 0.3) is 11.8 Å². The molecular weight excluding hydrogens is 446 g/mol. The molecule has 1 aromatic carbocycles. The number of aromatic nitrogens is 1. The number of benzene rings is 1. The van der Waals surface area contributed by atoms with Gasteiger partial charge in [0.05, 0.1) is 0 Å². The number of aryl methyl sites for hydroxylation is 2. The molecule has 11 heteroatoms. The summed E-state index contributed by atoms with van der Waals surface area (Å²) in [6, 6.07) is 10.0. The lowest BCUT2D eigenvalue weighted by Crippen LogP contribution is -2.49. The Morgan fingerprint density at radius 2 is 1.79 bits per heavy atom. The van der Waals surface area contributed by atoms with E-state index in [1.165, 1.54) is 28.2 Å². The molecule has 0 aliphatic carbocycles. The van der Waals surface area contributed by atoms with Crippen LogP contribution in [0, 0.1) is 0 Å². The van der Waals surface area contributed by atoms with Gasteiger partial charge < -0.3 is 9.88 Å². The number of hydrazine groups is 1. The lowest BCUT2D eigenvalue weighted by molar-refractivity contribution is -0.132. The molecule has 0 spiro atoms. The molecule has 2 heterocycles. The van der Waals surface area contributed by atoms with Crippen LogP contribution in [0.5, 0.6) is 0 Å². The van der Waals surface area contributed by atoms with Gasteiger partial charge in [-0.05, 0) is 31.4 Å². The molecule has 1 aromatic heterocycles. The summed E-state index contributed by atoms with van der Waals surface area (Å²) in [6.07, 6.45) is 2.25. The second kappa shape index (κ2) is 9.36. The van der Waals surface area contributed by atoms with Crippen LogP contribution in [0.2, 0.25) is 0 Å². The molecule has 2 aromatic rings. The lowest BCUT2D eigenvalue weighted by Gasteiger charge is -2.21. The van der Waals surface area contributed by atoms with Crippen molar-refractivity contribution in [3.63, 3.8) is 0 Å². The molecule has 178 valence electrons. The predicted molar refractivity (Wildman–Crippen MR) is 122 cm³/mol. The van der Waals surface area contributed by atoms with Gasteiger partial charge in [0, 0.05) is 26.3 Å². The van der Waals surface area contributed by atoms with E-state index in [0.29, 0.717) is 30.9 Å². The Hall–Kier alpha value is -3.18. The highest BCUT2D eigenvalue weighted by molar-refractivity contribution is 7.89. The van der Waals surface area contributed by atoms with Gasteiger partial charge in [0.15, 0.2) is 0 Å². The molecule has 0 saturated carbocycles. The predicted octanol–water partition coefficient (Wildman–Crippen LogP) is 1.64. The first kappa shape index (κ1) is 24.5. The van der Waals surface area contributed by atoms with Crippen LogP contribution in [0.4, 0.5) is 4.79 Å². The summed E-state index contributed by atoms with van der Waals surface area (Å²) in [5, 5.41) is 3.30. The van der Waals surface area contributed by atoms with E-state index >= 15 is 0 Å². The Balaban J connectivity index is 1.74. The molecule has 2 N–H and O–H groups in total. The van der Waals surface area contributed by atoms with Gasteiger partial charge in [-0.25, -0.2) is 13.2 Å². The third kappa shape index (κ3) is 4.79. The number of urea groups is 1. The van der Waals surface area contributed by atoms with Crippen molar-refractivity contribution in [3.05, 3.63) is 53.9 Å². The first-order chi connectivity index (χ1) is 15.5. The van der Waals surface area contributed by atoms with Gasteiger partial charge in [-0.2, -0.15) is 9.31 Å². The summed E-state index contributed by atoms with van der Waals surface area (Å²) in [6.45, 7) is 5.65.